The van der Waals surface area contributed by atoms with Crippen LogP contribution in [0.15, 0.2) is 24.3 Å². The van der Waals surface area contributed by atoms with E-state index >= 15 is 0 Å². The second-order valence-electron chi connectivity index (χ2n) is 8.08. The summed E-state index contributed by atoms with van der Waals surface area (Å²) in [6.07, 6.45) is 3.65. The Bertz CT molecular complexity index is 481. The molecule has 3 heteroatoms. The van der Waals surface area contributed by atoms with E-state index in [-0.39, 0.29) is 5.60 Å². The standard InChI is InChI=1S/C21H35NO2/c1-16(2)20(18-11-13-24-21(3,4)14-18)10-12-22-15-17-6-8-19(23-5)9-7-17/h6-9,16,18,20,22H,10-15H2,1-5H3/t18-,20-/m0/s1. The highest BCUT2D eigenvalue weighted by molar-refractivity contribution is 5.26. The van der Waals surface area contributed by atoms with Gasteiger partial charge in [0.2, 0.25) is 0 Å². The normalized spacial score (nSPS) is 21.7. The van der Waals surface area contributed by atoms with E-state index in [1.54, 1.807) is 7.11 Å². The van der Waals surface area contributed by atoms with Gasteiger partial charge in [-0.1, -0.05) is 26.0 Å². The summed E-state index contributed by atoms with van der Waals surface area (Å²) < 4.78 is 11.1. The molecule has 0 radical (unpaired) electrons. The number of nitrogens with one attached hydrogen (secondary N) is 1. The highest BCUT2D eigenvalue weighted by atomic mass is 16.5. The van der Waals surface area contributed by atoms with Gasteiger partial charge in [0.1, 0.15) is 5.75 Å². The Morgan fingerprint density at radius 1 is 1.25 bits per heavy atom. The first-order valence-corrected chi connectivity index (χ1v) is 9.39. The monoisotopic (exact) mass is 333 g/mol. The number of benzene rings is 1. The molecule has 1 aromatic rings. The van der Waals surface area contributed by atoms with Crippen molar-refractivity contribution in [1.82, 2.24) is 5.32 Å². The van der Waals surface area contributed by atoms with Crippen molar-refractivity contribution in [2.75, 3.05) is 20.3 Å². The average Bonchev–Trinajstić information content (AvgIpc) is 2.54. The lowest BCUT2D eigenvalue weighted by atomic mass is 9.73. The number of rotatable bonds is 8. The lowest BCUT2D eigenvalue weighted by Gasteiger charge is -2.40. The Labute approximate surface area is 148 Å². The summed E-state index contributed by atoms with van der Waals surface area (Å²) in [6, 6.07) is 8.32. The lowest BCUT2D eigenvalue weighted by molar-refractivity contribution is -0.0867. The van der Waals surface area contributed by atoms with E-state index in [1.807, 2.05) is 12.1 Å². The van der Waals surface area contributed by atoms with Crippen molar-refractivity contribution in [3.63, 3.8) is 0 Å². The van der Waals surface area contributed by atoms with Crippen LogP contribution in [0.2, 0.25) is 0 Å². The molecule has 1 fully saturated rings. The van der Waals surface area contributed by atoms with Gasteiger partial charge in [0.25, 0.3) is 0 Å². The quantitative estimate of drug-likeness (QED) is 0.702. The molecule has 0 spiro atoms. The second-order valence-corrected chi connectivity index (χ2v) is 8.08. The summed E-state index contributed by atoms with van der Waals surface area (Å²) in [6.45, 7) is 12.1. The molecule has 1 N–H and O–H groups in total. The maximum atomic E-state index is 5.90. The van der Waals surface area contributed by atoms with E-state index in [4.69, 9.17) is 9.47 Å². The van der Waals surface area contributed by atoms with Gasteiger partial charge in [-0.3, -0.25) is 0 Å². The molecule has 0 aliphatic carbocycles. The lowest BCUT2D eigenvalue weighted by Crippen LogP contribution is -2.38. The zero-order valence-corrected chi connectivity index (χ0v) is 16.1. The summed E-state index contributed by atoms with van der Waals surface area (Å²) >= 11 is 0. The zero-order chi connectivity index (χ0) is 17.6. The van der Waals surface area contributed by atoms with Gasteiger partial charge in [-0.15, -0.1) is 0 Å². The molecule has 0 unspecified atom stereocenters. The van der Waals surface area contributed by atoms with Gasteiger partial charge in [-0.25, -0.2) is 0 Å². The van der Waals surface area contributed by atoms with Crippen molar-refractivity contribution in [1.29, 1.82) is 0 Å². The summed E-state index contributed by atoms with van der Waals surface area (Å²) in [5.41, 5.74) is 1.36. The minimum atomic E-state index is 0.0482. The molecular weight excluding hydrogens is 298 g/mol. The van der Waals surface area contributed by atoms with Crippen LogP contribution in [0.25, 0.3) is 0 Å². The molecule has 1 saturated heterocycles. The van der Waals surface area contributed by atoms with E-state index < -0.39 is 0 Å². The van der Waals surface area contributed by atoms with Crippen molar-refractivity contribution in [3.05, 3.63) is 29.8 Å². The van der Waals surface area contributed by atoms with E-state index in [9.17, 15) is 0 Å². The third-order valence-corrected chi connectivity index (χ3v) is 5.34. The van der Waals surface area contributed by atoms with Crippen LogP contribution in [0.3, 0.4) is 0 Å². The molecule has 0 amide bonds. The van der Waals surface area contributed by atoms with E-state index in [2.05, 4.69) is 45.1 Å². The van der Waals surface area contributed by atoms with E-state index in [1.165, 1.54) is 24.8 Å². The van der Waals surface area contributed by atoms with Crippen LogP contribution >= 0.6 is 0 Å². The molecule has 1 aliphatic heterocycles. The summed E-state index contributed by atoms with van der Waals surface area (Å²) in [4.78, 5) is 0. The molecule has 136 valence electrons. The van der Waals surface area contributed by atoms with Crippen LogP contribution in [0.1, 0.15) is 52.5 Å². The fourth-order valence-corrected chi connectivity index (χ4v) is 4.00. The topological polar surface area (TPSA) is 30.5 Å². The number of methoxy groups -OCH3 is 1. The maximum Gasteiger partial charge on any atom is 0.118 e. The SMILES string of the molecule is COc1ccc(CNCC[C@@H](C(C)C)[C@H]2CCOC(C)(C)C2)cc1. The third kappa shape index (κ3) is 5.78. The number of hydrogen-bond donors (Lipinski definition) is 1. The van der Waals surface area contributed by atoms with Crippen molar-refractivity contribution >= 4 is 0 Å². The number of ether oxygens (including phenoxy) is 2. The molecule has 3 nitrogen and oxygen atoms in total. The van der Waals surface area contributed by atoms with Crippen molar-refractivity contribution in [2.24, 2.45) is 17.8 Å². The first-order valence-electron chi connectivity index (χ1n) is 9.39. The van der Waals surface area contributed by atoms with Gasteiger partial charge in [-0.05, 0) is 75.1 Å². The van der Waals surface area contributed by atoms with E-state index in [0.717, 1.165) is 43.2 Å². The van der Waals surface area contributed by atoms with Gasteiger partial charge in [0.15, 0.2) is 0 Å². The van der Waals surface area contributed by atoms with Gasteiger partial charge in [0.05, 0.1) is 12.7 Å². The first-order chi connectivity index (χ1) is 11.4. The van der Waals surface area contributed by atoms with Gasteiger partial charge in [0, 0.05) is 13.2 Å². The molecule has 1 heterocycles. The predicted octanol–water partition coefficient (Wildman–Crippen LogP) is 4.65. The van der Waals surface area contributed by atoms with Gasteiger partial charge < -0.3 is 14.8 Å². The summed E-state index contributed by atoms with van der Waals surface area (Å²) in [5, 5.41) is 3.61. The molecule has 2 rings (SSSR count). The molecule has 24 heavy (non-hydrogen) atoms. The molecule has 0 saturated carbocycles. The molecule has 2 atom stereocenters. The van der Waals surface area contributed by atoms with Crippen LogP contribution < -0.4 is 10.1 Å². The predicted molar refractivity (Wildman–Crippen MR) is 100 cm³/mol. The highest BCUT2D eigenvalue weighted by Gasteiger charge is 2.34. The summed E-state index contributed by atoms with van der Waals surface area (Å²) in [7, 11) is 1.71. The van der Waals surface area contributed by atoms with Crippen molar-refractivity contribution < 1.29 is 9.47 Å². The van der Waals surface area contributed by atoms with Crippen LogP contribution in [0, 0.1) is 17.8 Å². The van der Waals surface area contributed by atoms with E-state index in [0.29, 0.717) is 0 Å². The highest BCUT2D eigenvalue weighted by Crippen LogP contribution is 2.37. The fourth-order valence-electron chi connectivity index (χ4n) is 4.00. The first kappa shape index (κ1) is 19.3. The molecular formula is C21H35NO2. The third-order valence-electron chi connectivity index (χ3n) is 5.34. The molecule has 0 bridgehead atoms. The van der Waals surface area contributed by atoms with Gasteiger partial charge in [-0.2, -0.15) is 0 Å². The minimum Gasteiger partial charge on any atom is -0.497 e. The fraction of sp³-hybridized carbons (Fsp3) is 0.714. The Kier molecular flexibility index (Phi) is 7.12. The van der Waals surface area contributed by atoms with Crippen LogP contribution in [-0.2, 0) is 11.3 Å². The Balaban J connectivity index is 1.79. The second kappa shape index (κ2) is 8.87. The maximum absolute atomic E-state index is 5.90. The Hall–Kier alpha value is -1.06. The molecule has 1 aromatic carbocycles. The largest absolute Gasteiger partial charge is 0.497 e. The Morgan fingerprint density at radius 2 is 1.96 bits per heavy atom. The minimum absolute atomic E-state index is 0.0482. The average molecular weight is 334 g/mol. The van der Waals surface area contributed by atoms with Crippen molar-refractivity contribution in [3.8, 4) is 5.75 Å². The van der Waals surface area contributed by atoms with Crippen molar-refractivity contribution in [2.45, 2.75) is 59.1 Å². The molecule has 1 aliphatic rings. The Morgan fingerprint density at radius 3 is 2.54 bits per heavy atom. The van der Waals surface area contributed by atoms with Crippen LogP contribution in [0.4, 0.5) is 0 Å². The van der Waals surface area contributed by atoms with Crippen LogP contribution in [-0.4, -0.2) is 25.9 Å². The van der Waals surface area contributed by atoms with Gasteiger partial charge >= 0.3 is 0 Å². The summed E-state index contributed by atoms with van der Waals surface area (Å²) in [5.74, 6) is 3.21. The van der Waals surface area contributed by atoms with Crippen LogP contribution in [0.5, 0.6) is 5.75 Å². The smallest absolute Gasteiger partial charge is 0.118 e. The molecule has 0 aromatic heterocycles. The zero-order valence-electron chi connectivity index (χ0n) is 16.1. The number of hydrogen-bond acceptors (Lipinski definition) is 3.